The number of hydrogen-bond acceptors (Lipinski definition) is 7. The Hall–Kier alpha value is -4.12. The minimum absolute atomic E-state index is 0.0835. The number of nitrogens with zero attached hydrogens (tertiary/aromatic N) is 8. The summed E-state index contributed by atoms with van der Waals surface area (Å²) in [6.45, 7) is 4.12. The van der Waals surface area contributed by atoms with Gasteiger partial charge in [0, 0.05) is 49.0 Å². The minimum atomic E-state index is -0.455. The standard InChI is InChI=1S/C27H26FN9/c28-24-11-19(1-2-20(24)12-30)14-35-9-4-22(5-10-35)36-16-27(17-36,6-7-29)37-15-21(13-34-37)25-23-3-8-31-26(23)33-18-32-25/h1-3,8,11,13,15,18,22H,4-6,9-10,14,16-17H2,(H,31,32,33). The van der Waals surface area contributed by atoms with E-state index in [9.17, 15) is 9.65 Å². The van der Waals surface area contributed by atoms with Gasteiger partial charge in [-0.3, -0.25) is 14.5 Å². The first-order chi connectivity index (χ1) is 18.1. The molecule has 9 nitrogen and oxygen atoms in total. The second kappa shape index (κ2) is 9.40. The van der Waals surface area contributed by atoms with Gasteiger partial charge in [-0.15, -0.1) is 0 Å². The summed E-state index contributed by atoms with van der Waals surface area (Å²) in [7, 11) is 0. The third-order valence-corrected chi connectivity index (χ3v) is 7.73. The van der Waals surface area contributed by atoms with Crippen molar-refractivity contribution in [2.75, 3.05) is 26.2 Å². The lowest BCUT2D eigenvalue weighted by Gasteiger charge is -2.53. The summed E-state index contributed by atoms with van der Waals surface area (Å²) < 4.78 is 15.9. The first kappa shape index (κ1) is 23.3. The van der Waals surface area contributed by atoms with E-state index >= 15 is 0 Å². The molecule has 0 radical (unpaired) electrons. The molecule has 0 aliphatic carbocycles. The average Bonchev–Trinajstić information content (AvgIpc) is 3.57. The summed E-state index contributed by atoms with van der Waals surface area (Å²) in [6.07, 6.45) is 9.67. The van der Waals surface area contributed by atoms with Crippen molar-refractivity contribution in [1.29, 1.82) is 10.5 Å². The number of benzene rings is 1. The third-order valence-electron chi connectivity index (χ3n) is 7.73. The van der Waals surface area contributed by atoms with Crippen molar-refractivity contribution in [3.63, 3.8) is 0 Å². The number of nitriles is 2. The van der Waals surface area contributed by atoms with Crippen LogP contribution in [0, 0.1) is 28.5 Å². The number of piperidine rings is 1. The fourth-order valence-electron chi connectivity index (χ4n) is 5.71. The van der Waals surface area contributed by atoms with Gasteiger partial charge in [-0.25, -0.2) is 14.4 Å². The molecule has 5 heterocycles. The molecule has 0 bridgehead atoms. The zero-order valence-electron chi connectivity index (χ0n) is 20.3. The van der Waals surface area contributed by atoms with E-state index in [2.05, 4.69) is 35.9 Å². The predicted octanol–water partition coefficient (Wildman–Crippen LogP) is 3.42. The molecule has 2 saturated heterocycles. The van der Waals surface area contributed by atoms with Crippen molar-refractivity contribution in [3.05, 3.63) is 66.1 Å². The van der Waals surface area contributed by atoms with Crippen molar-refractivity contribution in [2.24, 2.45) is 0 Å². The topological polar surface area (TPSA) is 113 Å². The zero-order chi connectivity index (χ0) is 25.4. The SMILES string of the molecule is N#CCC1(n2cc(-c3ncnc4[nH]ccc34)cn2)CN(C2CCN(Cc3ccc(C#N)c(F)c3)CC2)C1. The Bertz CT molecular complexity index is 1510. The highest BCUT2D eigenvalue weighted by atomic mass is 19.1. The van der Waals surface area contributed by atoms with Crippen LogP contribution in [0.4, 0.5) is 4.39 Å². The summed E-state index contributed by atoms with van der Waals surface area (Å²) in [5.41, 5.74) is 3.16. The van der Waals surface area contributed by atoms with Crippen molar-refractivity contribution in [3.8, 4) is 23.4 Å². The van der Waals surface area contributed by atoms with Crippen LogP contribution in [0.3, 0.4) is 0 Å². The maximum absolute atomic E-state index is 14.0. The van der Waals surface area contributed by atoms with E-state index in [0.717, 1.165) is 66.9 Å². The molecule has 4 aromatic rings. The number of hydrogen-bond donors (Lipinski definition) is 1. The highest BCUT2D eigenvalue weighted by molar-refractivity contribution is 5.90. The number of aromatic nitrogens is 5. The minimum Gasteiger partial charge on any atom is -0.346 e. The molecule has 2 fully saturated rings. The Morgan fingerprint density at radius 3 is 2.73 bits per heavy atom. The van der Waals surface area contributed by atoms with E-state index in [4.69, 9.17) is 5.26 Å². The molecule has 3 aromatic heterocycles. The van der Waals surface area contributed by atoms with Gasteiger partial charge in [0.05, 0.1) is 29.9 Å². The molecular weight excluding hydrogens is 469 g/mol. The molecule has 1 N–H and O–H groups in total. The maximum Gasteiger partial charge on any atom is 0.141 e. The average molecular weight is 496 g/mol. The first-order valence-electron chi connectivity index (χ1n) is 12.4. The molecule has 0 amide bonds. The monoisotopic (exact) mass is 495 g/mol. The predicted molar refractivity (Wildman–Crippen MR) is 134 cm³/mol. The van der Waals surface area contributed by atoms with E-state index in [-0.39, 0.29) is 11.1 Å². The van der Waals surface area contributed by atoms with E-state index in [1.807, 2.05) is 41.5 Å². The molecule has 2 aliphatic rings. The van der Waals surface area contributed by atoms with E-state index < -0.39 is 5.82 Å². The lowest BCUT2D eigenvalue weighted by atomic mass is 9.83. The number of aromatic amines is 1. The van der Waals surface area contributed by atoms with E-state index in [1.54, 1.807) is 12.4 Å². The molecule has 2 aliphatic heterocycles. The lowest BCUT2D eigenvalue weighted by molar-refractivity contribution is -0.0436. The Kier molecular flexibility index (Phi) is 5.91. The second-order valence-electron chi connectivity index (χ2n) is 10.0. The van der Waals surface area contributed by atoms with Crippen LogP contribution in [0.5, 0.6) is 0 Å². The highest BCUT2D eigenvalue weighted by Gasteiger charge is 2.48. The largest absolute Gasteiger partial charge is 0.346 e. The molecule has 0 spiro atoms. The van der Waals surface area contributed by atoms with Crippen molar-refractivity contribution >= 4 is 11.0 Å². The highest BCUT2D eigenvalue weighted by Crippen LogP contribution is 2.37. The van der Waals surface area contributed by atoms with Gasteiger partial charge in [-0.2, -0.15) is 15.6 Å². The van der Waals surface area contributed by atoms with Crippen molar-refractivity contribution in [2.45, 2.75) is 37.4 Å². The number of rotatable bonds is 6. The van der Waals surface area contributed by atoms with Crippen LogP contribution in [0.1, 0.15) is 30.4 Å². The second-order valence-corrected chi connectivity index (χ2v) is 10.0. The zero-order valence-corrected chi connectivity index (χ0v) is 20.3. The van der Waals surface area contributed by atoms with Crippen LogP contribution < -0.4 is 0 Å². The van der Waals surface area contributed by atoms with Crippen molar-refractivity contribution in [1.82, 2.24) is 34.5 Å². The summed E-state index contributed by atoms with van der Waals surface area (Å²) in [4.78, 5) is 16.7. The van der Waals surface area contributed by atoms with E-state index in [0.29, 0.717) is 19.0 Å². The van der Waals surface area contributed by atoms with Gasteiger partial charge in [-0.05, 0) is 49.7 Å². The van der Waals surface area contributed by atoms with Gasteiger partial charge in [0.1, 0.15) is 29.4 Å². The van der Waals surface area contributed by atoms with Gasteiger partial charge in [0.15, 0.2) is 0 Å². The number of H-pyrrole nitrogens is 1. The number of fused-ring (bicyclic) bond motifs is 1. The third kappa shape index (κ3) is 4.25. The maximum atomic E-state index is 14.0. The summed E-state index contributed by atoms with van der Waals surface area (Å²) in [6, 6.07) is 11.5. The normalized spacial score (nSPS) is 18.4. The number of likely N-dealkylation sites (tertiary alicyclic amines) is 2. The fraction of sp³-hybridized carbons (Fsp3) is 0.370. The Morgan fingerprint density at radius 2 is 1.97 bits per heavy atom. The van der Waals surface area contributed by atoms with Gasteiger partial charge < -0.3 is 4.98 Å². The van der Waals surface area contributed by atoms with Crippen LogP contribution >= 0.6 is 0 Å². The van der Waals surface area contributed by atoms with Gasteiger partial charge >= 0.3 is 0 Å². The van der Waals surface area contributed by atoms with Gasteiger partial charge in [0.2, 0.25) is 0 Å². The van der Waals surface area contributed by atoms with Crippen LogP contribution in [0.2, 0.25) is 0 Å². The van der Waals surface area contributed by atoms with Crippen LogP contribution in [0.15, 0.2) is 49.2 Å². The fourth-order valence-corrected chi connectivity index (χ4v) is 5.71. The Morgan fingerprint density at radius 1 is 1.14 bits per heavy atom. The van der Waals surface area contributed by atoms with Crippen LogP contribution in [-0.2, 0) is 12.1 Å². The molecular formula is C27H26FN9. The summed E-state index contributed by atoms with van der Waals surface area (Å²) in [5, 5.41) is 24.1. The van der Waals surface area contributed by atoms with Crippen LogP contribution in [-0.4, -0.2) is 66.8 Å². The van der Waals surface area contributed by atoms with Crippen LogP contribution in [0.25, 0.3) is 22.3 Å². The molecule has 0 atom stereocenters. The molecule has 1 aromatic carbocycles. The smallest absolute Gasteiger partial charge is 0.141 e. The summed E-state index contributed by atoms with van der Waals surface area (Å²) in [5.74, 6) is -0.455. The number of nitrogens with one attached hydrogen (secondary N) is 1. The van der Waals surface area contributed by atoms with Crippen molar-refractivity contribution < 1.29 is 4.39 Å². The summed E-state index contributed by atoms with van der Waals surface area (Å²) >= 11 is 0. The lowest BCUT2D eigenvalue weighted by Crippen LogP contribution is -2.66. The molecule has 186 valence electrons. The molecule has 37 heavy (non-hydrogen) atoms. The molecule has 0 saturated carbocycles. The quantitative estimate of drug-likeness (QED) is 0.436. The number of halogens is 1. The Balaban J connectivity index is 1.10. The Labute approximate surface area is 213 Å². The molecule has 6 rings (SSSR count). The molecule has 10 heteroatoms. The first-order valence-corrected chi connectivity index (χ1v) is 12.4. The van der Waals surface area contributed by atoms with Gasteiger partial charge in [0.25, 0.3) is 0 Å². The van der Waals surface area contributed by atoms with E-state index in [1.165, 1.54) is 6.07 Å². The van der Waals surface area contributed by atoms with Gasteiger partial charge in [-0.1, -0.05) is 6.07 Å². The molecule has 0 unspecified atom stereocenters.